The molecule has 3 heterocycles. The van der Waals surface area contributed by atoms with Gasteiger partial charge in [0.15, 0.2) is 0 Å². The molecule has 0 aliphatic carbocycles. The number of hydrogen-bond acceptors (Lipinski definition) is 4. The molecular weight excluding hydrogens is 272 g/mol. The first-order chi connectivity index (χ1) is 9.76. The topological polar surface area (TPSA) is 59.8 Å². The van der Waals surface area contributed by atoms with Gasteiger partial charge < -0.3 is 9.88 Å². The van der Waals surface area contributed by atoms with Crippen LogP contribution < -0.4 is 5.32 Å². The van der Waals surface area contributed by atoms with Crippen molar-refractivity contribution in [3.8, 4) is 0 Å². The van der Waals surface area contributed by atoms with Crippen LogP contribution >= 0.6 is 11.3 Å². The zero-order valence-corrected chi connectivity index (χ0v) is 12.3. The van der Waals surface area contributed by atoms with E-state index in [0.717, 1.165) is 43.0 Å². The summed E-state index contributed by atoms with van der Waals surface area (Å²) < 4.78 is 2.15. The van der Waals surface area contributed by atoms with Gasteiger partial charge >= 0.3 is 0 Å². The van der Waals surface area contributed by atoms with Crippen LogP contribution in [0.2, 0.25) is 0 Å². The third kappa shape index (κ3) is 2.75. The van der Waals surface area contributed by atoms with E-state index < -0.39 is 0 Å². The Morgan fingerprint density at radius 3 is 3.20 bits per heavy atom. The lowest BCUT2D eigenvalue weighted by molar-refractivity contribution is -0.121. The molecule has 2 aromatic rings. The van der Waals surface area contributed by atoms with Crippen molar-refractivity contribution in [2.24, 2.45) is 0 Å². The lowest BCUT2D eigenvalue weighted by Gasteiger charge is -2.25. The van der Waals surface area contributed by atoms with Crippen LogP contribution in [0.5, 0.6) is 0 Å². The summed E-state index contributed by atoms with van der Waals surface area (Å²) in [4.78, 5) is 12.0. The number of rotatable bonds is 4. The fourth-order valence-electron chi connectivity index (χ4n) is 2.62. The van der Waals surface area contributed by atoms with Crippen molar-refractivity contribution in [1.29, 1.82) is 0 Å². The molecule has 0 radical (unpaired) electrons. The van der Waals surface area contributed by atoms with E-state index in [0.29, 0.717) is 6.42 Å². The first-order valence-corrected chi connectivity index (χ1v) is 7.92. The van der Waals surface area contributed by atoms with Crippen LogP contribution in [0.15, 0.2) is 16.8 Å². The van der Waals surface area contributed by atoms with Crippen LogP contribution in [0, 0.1) is 0 Å². The SMILES string of the molecule is CCc1nnc2n1C[C@H](NC(=O)Cc1ccsc1)CC2. The summed E-state index contributed by atoms with van der Waals surface area (Å²) in [6.07, 6.45) is 3.17. The smallest absolute Gasteiger partial charge is 0.224 e. The summed E-state index contributed by atoms with van der Waals surface area (Å²) in [6, 6.07) is 2.19. The molecule has 106 valence electrons. The quantitative estimate of drug-likeness (QED) is 0.930. The molecule has 3 rings (SSSR count). The Morgan fingerprint density at radius 2 is 2.45 bits per heavy atom. The summed E-state index contributed by atoms with van der Waals surface area (Å²) in [5, 5.41) is 15.5. The third-order valence-corrected chi connectivity index (χ3v) is 4.38. The predicted molar refractivity (Wildman–Crippen MR) is 77.7 cm³/mol. The van der Waals surface area contributed by atoms with Gasteiger partial charge in [-0.25, -0.2) is 0 Å². The summed E-state index contributed by atoms with van der Waals surface area (Å²) >= 11 is 1.62. The molecule has 0 fully saturated rings. The number of thiophene rings is 1. The summed E-state index contributed by atoms with van der Waals surface area (Å²) in [7, 11) is 0. The van der Waals surface area contributed by atoms with Crippen LogP contribution in [0.1, 0.15) is 30.6 Å². The number of aryl methyl sites for hydroxylation is 2. The van der Waals surface area contributed by atoms with Gasteiger partial charge in [0, 0.05) is 25.4 Å². The van der Waals surface area contributed by atoms with Crippen molar-refractivity contribution < 1.29 is 4.79 Å². The second-order valence-corrected chi connectivity index (χ2v) is 5.89. The number of amides is 1. The predicted octanol–water partition coefficient (Wildman–Crippen LogP) is 1.58. The Kier molecular flexibility index (Phi) is 3.82. The normalized spacial score (nSPS) is 17.8. The maximum absolute atomic E-state index is 12.0. The van der Waals surface area contributed by atoms with Gasteiger partial charge in [-0.2, -0.15) is 11.3 Å². The number of nitrogens with one attached hydrogen (secondary N) is 1. The van der Waals surface area contributed by atoms with E-state index in [9.17, 15) is 4.79 Å². The Balaban J connectivity index is 1.61. The number of fused-ring (bicyclic) bond motifs is 1. The molecule has 2 aromatic heterocycles. The maximum Gasteiger partial charge on any atom is 0.224 e. The van der Waals surface area contributed by atoms with E-state index in [1.54, 1.807) is 11.3 Å². The van der Waals surface area contributed by atoms with Crippen molar-refractivity contribution in [2.45, 2.75) is 45.2 Å². The van der Waals surface area contributed by atoms with Gasteiger partial charge in [-0.1, -0.05) is 6.92 Å². The molecule has 20 heavy (non-hydrogen) atoms. The summed E-state index contributed by atoms with van der Waals surface area (Å²) in [6.45, 7) is 2.87. The fraction of sp³-hybridized carbons (Fsp3) is 0.500. The highest BCUT2D eigenvalue weighted by Crippen LogP contribution is 2.16. The Hall–Kier alpha value is -1.69. The molecule has 0 aromatic carbocycles. The van der Waals surface area contributed by atoms with Crippen LogP contribution in [0.3, 0.4) is 0 Å². The van der Waals surface area contributed by atoms with Gasteiger partial charge in [-0.15, -0.1) is 10.2 Å². The molecule has 1 aliphatic rings. The second kappa shape index (κ2) is 5.75. The van der Waals surface area contributed by atoms with Crippen LogP contribution in [0.4, 0.5) is 0 Å². The van der Waals surface area contributed by atoms with Crippen LogP contribution in [-0.2, 0) is 30.6 Å². The largest absolute Gasteiger partial charge is 0.351 e. The fourth-order valence-corrected chi connectivity index (χ4v) is 3.29. The Bertz CT molecular complexity index is 577. The van der Waals surface area contributed by atoms with Gasteiger partial charge in [0.1, 0.15) is 11.6 Å². The molecule has 1 amide bonds. The monoisotopic (exact) mass is 290 g/mol. The minimum atomic E-state index is 0.1000. The number of hydrogen-bond donors (Lipinski definition) is 1. The number of aromatic nitrogens is 3. The van der Waals surface area contributed by atoms with E-state index in [1.165, 1.54) is 0 Å². The first kappa shape index (κ1) is 13.3. The van der Waals surface area contributed by atoms with Gasteiger partial charge in [0.2, 0.25) is 5.91 Å². The molecule has 0 saturated heterocycles. The Morgan fingerprint density at radius 1 is 1.55 bits per heavy atom. The highest BCUT2D eigenvalue weighted by molar-refractivity contribution is 7.07. The van der Waals surface area contributed by atoms with E-state index >= 15 is 0 Å². The Labute approximate surface area is 122 Å². The number of carbonyl (C=O) groups excluding carboxylic acids is 1. The standard InChI is InChI=1S/C14H18N4OS/c1-2-12-16-17-13-4-3-11(8-18(12)13)15-14(19)7-10-5-6-20-9-10/h5-6,9,11H,2-4,7-8H2,1H3,(H,15,19)/t11-/m1/s1. The molecule has 5 nitrogen and oxygen atoms in total. The summed E-state index contributed by atoms with van der Waals surface area (Å²) in [5.41, 5.74) is 1.09. The third-order valence-electron chi connectivity index (χ3n) is 3.65. The van der Waals surface area contributed by atoms with Gasteiger partial charge in [0.05, 0.1) is 6.42 Å². The molecular formula is C14H18N4OS. The van der Waals surface area contributed by atoms with Gasteiger partial charge in [-0.3, -0.25) is 4.79 Å². The zero-order valence-electron chi connectivity index (χ0n) is 11.5. The lowest BCUT2D eigenvalue weighted by Crippen LogP contribution is -2.42. The lowest BCUT2D eigenvalue weighted by atomic mass is 10.1. The van der Waals surface area contributed by atoms with Crippen molar-refractivity contribution in [3.05, 3.63) is 34.0 Å². The second-order valence-electron chi connectivity index (χ2n) is 5.11. The number of carbonyl (C=O) groups is 1. The average molecular weight is 290 g/mol. The summed E-state index contributed by atoms with van der Waals surface area (Å²) in [5.74, 6) is 2.16. The van der Waals surface area contributed by atoms with Crippen molar-refractivity contribution in [3.63, 3.8) is 0 Å². The van der Waals surface area contributed by atoms with E-state index in [1.807, 2.05) is 16.8 Å². The van der Waals surface area contributed by atoms with Crippen molar-refractivity contribution in [2.75, 3.05) is 0 Å². The highest BCUT2D eigenvalue weighted by Gasteiger charge is 2.23. The first-order valence-electron chi connectivity index (χ1n) is 6.97. The maximum atomic E-state index is 12.0. The van der Waals surface area contributed by atoms with E-state index in [4.69, 9.17) is 0 Å². The molecule has 1 atom stereocenters. The average Bonchev–Trinajstić information content (AvgIpc) is 3.07. The highest BCUT2D eigenvalue weighted by atomic mass is 32.1. The molecule has 0 spiro atoms. The molecule has 0 unspecified atom stereocenters. The van der Waals surface area contributed by atoms with Crippen LogP contribution in [0.25, 0.3) is 0 Å². The van der Waals surface area contributed by atoms with Crippen LogP contribution in [-0.4, -0.2) is 26.7 Å². The van der Waals surface area contributed by atoms with Crippen molar-refractivity contribution >= 4 is 17.2 Å². The number of nitrogens with zero attached hydrogens (tertiary/aromatic N) is 3. The van der Waals surface area contributed by atoms with Gasteiger partial charge in [0.25, 0.3) is 0 Å². The van der Waals surface area contributed by atoms with E-state index in [2.05, 4.69) is 27.0 Å². The minimum absolute atomic E-state index is 0.1000. The zero-order chi connectivity index (χ0) is 13.9. The van der Waals surface area contributed by atoms with Gasteiger partial charge in [-0.05, 0) is 28.8 Å². The molecule has 1 aliphatic heterocycles. The molecule has 0 bridgehead atoms. The van der Waals surface area contributed by atoms with E-state index in [-0.39, 0.29) is 11.9 Å². The molecule has 6 heteroatoms. The minimum Gasteiger partial charge on any atom is -0.351 e. The molecule has 1 N–H and O–H groups in total. The van der Waals surface area contributed by atoms with Crippen molar-refractivity contribution in [1.82, 2.24) is 20.1 Å². The molecule has 0 saturated carbocycles.